The van der Waals surface area contributed by atoms with Gasteiger partial charge in [0.1, 0.15) is 0 Å². The SMILES string of the molecule is CC1(C)C(=O)Nc2ccc(C(N)CCc3ccccc3)cc21. The summed E-state index contributed by atoms with van der Waals surface area (Å²) in [5, 5.41) is 2.93. The third-order valence-corrected chi connectivity index (χ3v) is 4.55. The highest BCUT2D eigenvalue weighted by atomic mass is 16.2. The molecule has 1 atom stereocenters. The molecular weight excluding hydrogens is 272 g/mol. The number of hydrogen-bond acceptors (Lipinski definition) is 2. The highest BCUT2D eigenvalue weighted by molar-refractivity contribution is 6.05. The highest BCUT2D eigenvalue weighted by Crippen LogP contribution is 2.38. The Hall–Kier alpha value is -2.13. The molecular formula is C19H22N2O. The molecule has 3 N–H and O–H groups in total. The minimum absolute atomic E-state index is 0.0167. The fourth-order valence-corrected chi connectivity index (χ4v) is 2.95. The number of fused-ring (bicyclic) bond motifs is 1. The summed E-state index contributed by atoms with van der Waals surface area (Å²) >= 11 is 0. The number of benzene rings is 2. The lowest BCUT2D eigenvalue weighted by molar-refractivity contribution is -0.119. The monoisotopic (exact) mass is 294 g/mol. The second-order valence-electron chi connectivity index (χ2n) is 6.51. The Morgan fingerprint density at radius 2 is 1.86 bits per heavy atom. The van der Waals surface area contributed by atoms with E-state index >= 15 is 0 Å². The quantitative estimate of drug-likeness (QED) is 0.906. The van der Waals surface area contributed by atoms with Crippen molar-refractivity contribution in [2.24, 2.45) is 5.73 Å². The molecule has 1 unspecified atom stereocenters. The van der Waals surface area contributed by atoms with E-state index in [-0.39, 0.29) is 11.9 Å². The Bertz CT molecular complexity index is 692. The van der Waals surface area contributed by atoms with Gasteiger partial charge in [0.25, 0.3) is 0 Å². The standard InChI is InChI=1S/C19H22N2O/c1-19(2)15-12-14(9-11-17(15)21-18(19)22)16(20)10-8-13-6-4-3-5-7-13/h3-7,9,11-12,16H,8,10,20H2,1-2H3,(H,21,22). The molecule has 0 saturated carbocycles. The van der Waals surface area contributed by atoms with Crippen molar-refractivity contribution >= 4 is 11.6 Å². The Balaban J connectivity index is 1.76. The lowest BCUT2D eigenvalue weighted by Gasteiger charge is -2.18. The van der Waals surface area contributed by atoms with Gasteiger partial charge in [-0.25, -0.2) is 0 Å². The summed E-state index contributed by atoms with van der Waals surface area (Å²) in [6.45, 7) is 3.90. The van der Waals surface area contributed by atoms with E-state index in [9.17, 15) is 4.79 Å². The number of nitrogens with one attached hydrogen (secondary N) is 1. The van der Waals surface area contributed by atoms with Crippen molar-refractivity contribution in [2.45, 2.75) is 38.1 Å². The first-order valence-electron chi connectivity index (χ1n) is 7.74. The van der Waals surface area contributed by atoms with Gasteiger partial charge in [-0.15, -0.1) is 0 Å². The minimum atomic E-state index is -0.482. The van der Waals surface area contributed by atoms with Crippen LogP contribution in [0.15, 0.2) is 48.5 Å². The zero-order valence-corrected chi connectivity index (χ0v) is 13.1. The van der Waals surface area contributed by atoms with Crippen LogP contribution in [0.4, 0.5) is 5.69 Å². The van der Waals surface area contributed by atoms with Crippen molar-refractivity contribution in [3.8, 4) is 0 Å². The van der Waals surface area contributed by atoms with E-state index in [1.807, 2.05) is 32.0 Å². The van der Waals surface area contributed by atoms with Crippen molar-refractivity contribution < 1.29 is 4.79 Å². The second kappa shape index (κ2) is 5.58. The van der Waals surface area contributed by atoms with Gasteiger partial charge in [-0.1, -0.05) is 42.5 Å². The van der Waals surface area contributed by atoms with Crippen LogP contribution >= 0.6 is 0 Å². The summed E-state index contributed by atoms with van der Waals surface area (Å²) in [5.74, 6) is 0.0532. The van der Waals surface area contributed by atoms with E-state index in [1.165, 1.54) is 5.56 Å². The predicted octanol–water partition coefficient (Wildman–Crippen LogP) is 3.55. The van der Waals surface area contributed by atoms with Gasteiger partial charge in [-0.05, 0) is 49.4 Å². The highest BCUT2D eigenvalue weighted by Gasteiger charge is 2.38. The smallest absolute Gasteiger partial charge is 0.234 e. The lowest BCUT2D eigenvalue weighted by atomic mass is 9.84. The molecule has 0 fully saturated rings. The molecule has 1 amide bonds. The summed E-state index contributed by atoms with van der Waals surface area (Å²) in [6.07, 6.45) is 1.85. The number of carbonyl (C=O) groups excluding carboxylic acids is 1. The molecule has 0 bridgehead atoms. The van der Waals surface area contributed by atoms with E-state index < -0.39 is 5.41 Å². The Kier molecular flexibility index (Phi) is 3.75. The van der Waals surface area contributed by atoms with E-state index in [0.29, 0.717) is 0 Å². The van der Waals surface area contributed by atoms with Gasteiger partial charge in [0.2, 0.25) is 5.91 Å². The number of amides is 1. The van der Waals surface area contributed by atoms with Crippen LogP contribution in [0, 0.1) is 0 Å². The molecule has 3 rings (SSSR count). The number of nitrogens with two attached hydrogens (primary N) is 1. The van der Waals surface area contributed by atoms with Gasteiger partial charge in [0, 0.05) is 11.7 Å². The first kappa shape index (κ1) is 14.8. The van der Waals surface area contributed by atoms with Crippen LogP contribution in [0.5, 0.6) is 0 Å². The van der Waals surface area contributed by atoms with E-state index in [2.05, 4.69) is 35.6 Å². The molecule has 114 valence electrons. The molecule has 0 spiro atoms. The summed E-state index contributed by atoms with van der Waals surface area (Å²) in [4.78, 5) is 12.0. The fourth-order valence-electron chi connectivity index (χ4n) is 2.95. The number of anilines is 1. The maximum Gasteiger partial charge on any atom is 0.234 e. The topological polar surface area (TPSA) is 55.1 Å². The largest absolute Gasteiger partial charge is 0.325 e. The molecule has 2 aromatic rings. The van der Waals surface area contributed by atoms with E-state index in [0.717, 1.165) is 29.7 Å². The molecule has 3 heteroatoms. The maximum atomic E-state index is 12.0. The van der Waals surface area contributed by atoms with Crippen LogP contribution in [0.3, 0.4) is 0 Å². The zero-order valence-electron chi connectivity index (χ0n) is 13.1. The summed E-state index contributed by atoms with van der Waals surface area (Å²) in [5.41, 5.74) is 10.2. The molecule has 2 aromatic carbocycles. The molecule has 1 aliphatic rings. The molecule has 0 radical (unpaired) electrons. The van der Waals surface area contributed by atoms with Gasteiger partial charge >= 0.3 is 0 Å². The van der Waals surface area contributed by atoms with Crippen molar-refractivity contribution in [2.75, 3.05) is 5.32 Å². The summed E-state index contributed by atoms with van der Waals surface area (Å²) in [7, 11) is 0. The van der Waals surface area contributed by atoms with Gasteiger partial charge in [0.15, 0.2) is 0 Å². The van der Waals surface area contributed by atoms with Gasteiger partial charge in [0.05, 0.1) is 5.41 Å². The Morgan fingerprint density at radius 1 is 1.14 bits per heavy atom. The molecule has 1 aliphatic heterocycles. The number of hydrogen-bond donors (Lipinski definition) is 2. The Labute approximate surface area is 131 Å². The average Bonchev–Trinajstić information content (AvgIpc) is 2.75. The van der Waals surface area contributed by atoms with Gasteiger partial charge < -0.3 is 11.1 Å². The number of aryl methyl sites for hydroxylation is 1. The zero-order chi connectivity index (χ0) is 15.7. The number of carbonyl (C=O) groups is 1. The van der Waals surface area contributed by atoms with Crippen molar-refractivity contribution in [1.82, 2.24) is 0 Å². The molecule has 0 aliphatic carbocycles. The fraction of sp³-hybridized carbons (Fsp3) is 0.316. The van der Waals surface area contributed by atoms with Crippen molar-refractivity contribution in [3.05, 3.63) is 65.2 Å². The van der Waals surface area contributed by atoms with Crippen molar-refractivity contribution in [1.29, 1.82) is 0 Å². The molecule has 1 heterocycles. The first-order valence-corrected chi connectivity index (χ1v) is 7.74. The first-order chi connectivity index (χ1) is 10.5. The normalized spacial score (nSPS) is 17.0. The average molecular weight is 294 g/mol. The molecule has 3 nitrogen and oxygen atoms in total. The summed E-state index contributed by atoms with van der Waals surface area (Å²) < 4.78 is 0. The van der Waals surface area contributed by atoms with Crippen LogP contribution in [0.2, 0.25) is 0 Å². The van der Waals surface area contributed by atoms with Crippen molar-refractivity contribution in [3.63, 3.8) is 0 Å². The van der Waals surface area contributed by atoms with Gasteiger partial charge in [-0.3, -0.25) is 4.79 Å². The molecule has 0 aromatic heterocycles. The van der Waals surface area contributed by atoms with Crippen LogP contribution in [-0.2, 0) is 16.6 Å². The second-order valence-corrected chi connectivity index (χ2v) is 6.51. The molecule has 0 saturated heterocycles. The maximum absolute atomic E-state index is 12.0. The van der Waals surface area contributed by atoms with Gasteiger partial charge in [-0.2, -0.15) is 0 Å². The number of rotatable bonds is 4. The molecule has 22 heavy (non-hydrogen) atoms. The lowest BCUT2D eigenvalue weighted by Crippen LogP contribution is -2.27. The van der Waals surface area contributed by atoms with Crippen LogP contribution < -0.4 is 11.1 Å². The van der Waals surface area contributed by atoms with Crippen LogP contribution in [-0.4, -0.2) is 5.91 Å². The van der Waals surface area contributed by atoms with E-state index in [1.54, 1.807) is 0 Å². The third kappa shape index (κ3) is 2.64. The summed E-state index contributed by atoms with van der Waals surface area (Å²) in [6, 6.07) is 16.4. The third-order valence-electron chi connectivity index (χ3n) is 4.55. The minimum Gasteiger partial charge on any atom is -0.325 e. The van der Waals surface area contributed by atoms with Crippen LogP contribution in [0.25, 0.3) is 0 Å². The Morgan fingerprint density at radius 3 is 2.59 bits per heavy atom. The van der Waals surface area contributed by atoms with E-state index in [4.69, 9.17) is 5.73 Å². The van der Waals surface area contributed by atoms with Crippen LogP contribution in [0.1, 0.15) is 43.0 Å². The predicted molar refractivity (Wildman–Crippen MR) is 89.8 cm³/mol.